The molecule has 2 aromatic heterocycles. The number of aromatic nitrogens is 2. The minimum absolute atomic E-state index is 0.119. The summed E-state index contributed by atoms with van der Waals surface area (Å²) in [5.74, 6) is -2.44. The molecule has 1 amide bonds. The molecule has 0 unspecified atom stereocenters. The van der Waals surface area contributed by atoms with Gasteiger partial charge in [0, 0.05) is 32.2 Å². The van der Waals surface area contributed by atoms with Gasteiger partial charge in [0.1, 0.15) is 23.9 Å². The van der Waals surface area contributed by atoms with Crippen molar-refractivity contribution in [3.8, 4) is 0 Å². The number of nitrogens with one attached hydrogen (secondary N) is 2. The van der Waals surface area contributed by atoms with Crippen LogP contribution in [0.5, 0.6) is 0 Å². The average Bonchev–Trinajstić information content (AvgIpc) is 2.96. The zero-order valence-corrected chi connectivity index (χ0v) is 16.6. The second-order valence-electron chi connectivity index (χ2n) is 6.48. The van der Waals surface area contributed by atoms with Crippen molar-refractivity contribution in [3.63, 3.8) is 0 Å². The number of methoxy groups -OCH3 is 2. The van der Waals surface area contributed by atoms with Gasteiger partial charge in [-0.15, -0.1) is 0 Å². The minimum Gasteiger partial charge on any atom is -0.464 e. The van der Waals surface area contributed by atoms with E-state index in [0.717, 1.165) is 6.07 Å². The molecule has 0 aliphatic rings. The van der Waals surface area contributed by atoms with Crippen LogP contribution in [-0.4, -0.2) is 42.3 Å². The fraction of sp³-hybridized carbons (Fsp3) is 0.250. The first-order valence-electron chi connectivity index (χ1n) is 8.88. The second-order valence-corrected chi connectivity index (χ2v) is 6.48. The number of rotatable bonds is 7. The van der Waals surface area contributed by atoms with Crippen molar-refractivity contribution >= 4 is 34.3 Å². The smallest absolute Gasteiger partial charge is 0.356 e. The van der Waals surface area contributed by atoms with E-state index < -0.39 is 23.5 Å². The fourth-order valence-electron chi connectivity index (χ4n) is 3.09. The van der Waals surface area contributed by atoms with Crippen LogP contribution in [0.1, 0.15) is 16.1 Å². The molecule has 0 atom stereocenters. The lowest BCUT2D eigenvalue weighted by atomic mass is 10.2. The van der Waals surface area contributed by atoms with E-state index in [2.05, 4.69) is 15.6 Å². The predicted molar refractivity (Wildman–Crippen MR) is 106 cm³/mol. The summed E-state index contributed by atoms with van der Waals surface area (Å²) >= 11 is 0. The Morgan fingerprint density at radius 2 is 1.83 bits per heavy atom. The average molecular weight is 418 g/mol. The Hall–Kier alpha value is -3.53. The highest BCUT2D eigenvalue weighted by Gasteiger charge is 2.24. The van der Waals surface area contributed by atoms with E-state index in [1.54, 1.807) is 13.1 Å². The summed E-state index contributed by atoms with van der Waals surface area (Å²) in [5, 5.41) is 6.16. The molecule has 2 heterocycles. The van der Waals surface area contributed by atoms with Gasteiger partial charge in [0.05, 0.1) is 24.7 Å². The maximum Gasteiger partial charge on any atom is 0.356 e. The van der Waals surface area contributed by atoms with Crippen molar-refractivity contribution in [3.05, 3.63) is 53.4 Å². The van der Waals surface area contributed by atoms with Gasteiger partial charge < -0.3 is 24.7 Å². The standard InChI is InChI=1S/C20H20F2N4O4/c1-26-18(20(28)30-3)17(25-16(27)10-29-2)15-7-14(9-24-19(15)26)23-8-11-4-12(21)6-13(22)5-11/h4-7,9,23H,8,10H2,1-3H3,(H,25,27). The summed E-state index contributed by atoms with van der Waals surface area (Å²) in [6, 6.07) is 4.91. The van der Waals surface area contributed by atoms with Crippen molar-refractivity contribution in [1.29, 1.82) is 0 Å². The number of fused-ring (bicyclic) bond motifs is 1. The molecule has 0 bridgehead atoms. The van der Waals surface area contributed by atoms with Gasteiger partial charge in [-0.2, -0.15) is 0 Å². The summed E-state index contributed by atoms with van der Waals surface area (Å²) in [6.07, 6.45) is 1.51. The number of hydrogen-bond acceptors (Lipinski definition) is 6. The Bertz CT molecular complexity index is 1090. The van der Waals surface area contributed by atoms with E-state index in [4.69, 9.17) is 9.47 Å². The van der Waals surface area contributed by atoms with Gasteiger partial charge in [0.15, 0.2) is 5.69 Å². The van der Waals surface area contributed by atoms with Gasteiger partial charge in [-0.3, -0.25) is 4.79 Å². The summed E-state index contributed by atoms with van der Waals surface area (Å²) in [5.41, 5.74) is 1.72. The van der Waals surface area contributed by atoms with Crippen LogP contribution in [0.4, 0.5) is 20.2 Å². The summed E-state index contributed by atoms with van der Waals surface area (Å²) in [4.78, 5) is 28.7. The van der Waals surface area contributed by atoms with Crippen molar-refractivity contribution in [2.75, 3.05) is 31.5 Å². The lowest BCUT2D eigenvalue weighted by Gasteiger charge is -2.08. The van der Waals surface area contributed by atoms with Crippen LogP contribution in [-0.2, 0) is 27.9 Å². The molecule has 158 valence electrons. The molecule has 0 spiro atoms. The normalized spacial score (nSPS) is 10.8. The molecule has 3 rings (SSSR count). The number of anilines is 2. The maximum absolute atomic E-state index is 13.4. The molecule has 0 radical (unpaired) electrons. The van der Waals surface area contributed by atoms with Gasteiger partial charge in [-0.05, 0) is 23.8 Å². The first-order valence-corrected chi connectivity index (χ1v) is 8.88. The fourth-order valence-corrected chi connectivity index (χ4v) is 3.09. The van der Waals surface area contributed by atoms with E-state index in [-0.39, 0.29) is 24.5 Å². The number of benzene rings is 1. The minimum atomic E-state index is -0.672. The first kappa shape index (κ1) is 21.2. The highest BCUT2D eigenvalue weighted by molar-refractivity contribution is 6.11. The summed E-state index contributed by atoms with van der Waals surface area (Å²) in [6.45, 7) is -0.0581. The quantitative estimate of drug-likeness (QED) is 0.573. The molecule has 1 aromatic carbocycles. The molecular formula is C20H20F2N4O4. The largest absolute Gasteiger partial charge is 0.464 e. The highest BCUT2D eigenvalue weighted by atomic mass is 19.1. The molecule has 2 N–H and O–H groups in total. The number of esters is 1. The lowest BCUT2D eigenvalue weighted by molar-refractivity contribution is -0.119. The molecule has 0 aliphatic carbocycles. The molecule has 0 saturated heterocycles. The van der Waals surface area contributed by atoms with Gasteiger partial charge in [-0.25, -0.2) is 18.6 Å². The predicted octanol–water partition coefficient (Wildman–Crippen LogP) is 2.84. The zero-order valence-electron chi connectivity index (χ0n) is 16.6. The van der Waals surface area contributed by atoms with Crippen LogP contribution < -0.4 is 10.6 Å². The Morgan fingerprint density at radius 1 is 1.13 bits per heavy atom. The van der Waals surface area contributed by atoms with Crippen LogP contribution >= 0.6 is 0 Å². The Morgan fingerprint density at radius 3 is 2.47 bits per heavy atom. The summed E-state index contributed by atoms with van der Waals surface area (Å²) < 4.78 is 37.9. The van der Waals surface area contributed by atoms with Crippen LogP contribution in [0.3, 0.4) is 0 Å². The number of carbonyl (C=O) groups excluding carboxylic acids is 2. The Kier molecular flexibility index (Phi) is 6.26. The van der Waals surface area contributed by atoms with Crippen molar-refractivity contribution in [1.82, 2.24) is 9.55 Å². The Balaban J connectivity index is 1.98. The Labute approximate surface area is 170 Å². The number of hydrogen-bond donors (Lipinski definition) is 2. The third-order valence-electron chi connectivity index (χ3n) is 4.36. The number of halogens is 2. The van der Waals surface area contributed by atoms with Crippen LogP contribution in [0.25, 0.3) is 11.0 Å². The SMILES string of the molecule is COCC(=O)Nc1c(C(=O)OC)n(C)c2ncc(NCc3cc(F)cc(F)c3)cc12. The molecule has 0 aliphatic heterocycles. The number of nitrogens with zero attached hydrogens (tertiary/aromatic N) is 2. The van der Waals surface area contributed by atoms with Crippen molar-refractivity contribution in [2.24, 2.45) is 7.05 Å². The topological polar surface area (TPSA) is 94.5 Å². The molecule has 0 fully saturated rings. The zero-order chi connectivity index (χ0) is 21.8. The number of ether oxygens (including phenoxy) is 2. The van der Waals surface area contributed by atoms with Crippen LogP contribution in [0.15, 0.2) is 30.5 Å². The number of carbonyl (C=O) groups is 2. The second kappa shape index (κ2) is 8.87. The molecule has 0 saturated carbocycles. The van der Waals surface area contributed by atoms with Gasteiger partial charge in [-0.1, -0.05) is 0 Å². The van der Waals surface area contributed by atoms with E-state index in [1.165, 1.54) is 37.1 Å². The number of aryl methyl sites for hydroxylation is 1. The van der Waals surface area contributed by atoms with Crippen LogP contribution in [0.2, 0.25) is 0 Å². The molecule has 8 nitrogen and oxygen atoms in total. The van der Waals surface area contributed by atoms with E-state index in [0.29, 0.717) is 22.3 Å². The number of amides is 1. The summed E-state index contributed by atoms with van der Waals surface area (Å²) in [7, 11) is 4.23. The van der Waals surface area contributed by atoms with Crippen molar-refractivity contribution < 1.29 is 27.8 Å². The van der Waals surface area contributed by atoms with Crippen molar-refractivity contribution in [2.45, 2.75) is 6.54 Å². The third-order valence-corrected chi connectivity index (χ3v) is 4.36. The van der Waals surface area contributed by atoms with E-state index >= 15 is 0 Å². The van der Waals surface area contributed by atoms with Gasteiger partial charge >= 0.3 is 5.97 Å². The molecule has 30 heavy (non-hydrogen) atoms. The van der Waals surface area contributed by atoms with Gasteiger partial charge in [0.25, 0.3) is 0 Å². The monoisotopic (exact) mass is 418 g/mol. The molecule has 10 heteroatoms. The number of pyridine rings is 1. The third kappa shape index (κ3) is 4.38. The first-order chi connectivity index (χ1) is 14.3. The van der Waals surface area contributed by atoms with E-state index in [1.807, 2.05) is 0 Å². The van der Waals surface area contributed by atoms with Crippen LogP contribution in [0, 0.1) is 11.6 Å². The highest BCUT2D eigenvalue weighted by Crippen LogP contribution is 2.31. The van der Waals surface area contributed by atoms with Gasteiger partial charge in [0.2, 0.25) is 5.91 Å². The maximum atomic E-state index is 13.4. The van der Waals surface area contributed by atoms with E-state index in [9.17, 15) is 18.4 Å². The molecule has 3 aromatic rings. The molecular weight excluding hydrogens is 398 g/mol. The lowest BCUT2D eigenvalue weighted by Crippen LogP contribution is -2.19.